The van der Waals surface area contributed by atoms with Crippen molar-refractivity contribution < 1.29 is 23.4 Å². The molecule has 5 rings (SSSR count). The predicted molar refractivity (Wildman–Crippen MR) is 171 cm³/mol. The second kappa shape index (κ2) is 15.7. The number of benzene rings is 1. The van der Waals surface area contributed by atoms with E-state index < -0.39 is 12.4 Å². The molecule has 1 aliphatic heterocycles. The Morgan fingerprint density at radius 3 is 2.49 bits per heavy atom. The number of ether oxygens (including phenoxy) is 1. The zero-order valence-electron chi connectivity index (χ0n) is 26.0. The molecule has 2 aromatic heterocycles. The molecule has 2 aliphatic rings. The third kappa shape index (κ3) is 9.64. The molecule has 234 valence electrons. The molecule has 0 radical (unpaired) electrons. The summed E-state index contributed by atoms with van der Waals surface area (Å²) in [6, 6.07) is 9.17. The van der Waals surface area contributed by atoms with Gasteiger partial charge in [-0.1, -0.05) is 38.3 Å². The molecular formula is C34H46F2N4O3. The van der Waals surface area contributed by atoms with Crippen molar-refractivity contribution >= 4 is 22.7 Å². The Balaban J connectivity index is 0.000000780. The van der Waals surface area contributed by atoms with E-state index in [0.717, 1.165) is 56.4 Å². The van der Waals surface area contributed by atoms with E-state index in [2.05, 4.69) is 53.7 Å². The van der Waals surface area contributed by atoms with E-state index >= 15 is 0 Å². The van der Waals surface area contributed by atoms with Gasteiger partial charge in [0.25, 0.3) is 0 Å². The van der Waals surface area contributed by atoms with Gasteiger partial charge in [-0.2, -0.15) is 0 Å². The van der Waals surface area contributed by atoms with Crippen molar-refractivity contribution in [2.75, 3.05) is 37.6 Å². The average Bonchev–Trinajstić information content (AvgIpc) is 3.44. The Labute approximate surface area is 254 Å². The maximum atomic E-state index is 11.9. The summed E-state index contributed by atoms with van der Waals surface area (Å²) in [5, 5.41) is 10.7. The molecule has 7 nitrogen and oxygen atoms in total. The number of carboxylic acids is 1. The maximum absolute atomic E-state index is 11.9. The zero-order chi connectivity index (χ0) is 31.6. The smallest absolute Gasteiger partial charge is 0.339 e. The van der Waals surface area contributed by atoms with Gasteiger partial charge in [-0.25, -0.2) is 18.6 Å². The predicted octanol–water partition coefficient (Wildman–Crippen LogP) is 8.56. The summed E-state index contributed by atoms with van der Waals surface area (Å²) in [7, 11) is 0. The van der Waals surface area contributed by atoms with Gasteiger partial charge < -0.3 is 19.7 Å². The van der Waals surface area contributed by atoms with Crippen molar-refractivity contribution in [2.24, 2.45) is 5.41 Å². The van der Waals surface area contributed by atoms with Crippen LogP contribution in [0.15, 0.2) is 67.0 Å². The fourth-order valence-corrected chi connectivity index (χ4v) is 5.72. The van der Waals surface area contributed by atoms with Crippen molar-refractivity contribution in [3.8, 4) is 11.5 Å². The summed E-state index contributed by atoms with van der Waals surface area (Å²) in [5.41, 5.74) is 5.70. The minimum atomic E-state index is -2.17. The number of H-pyrrole nitrogens is 1. The number of fused-ring (bicyclic) bond motifs is 1. The molecule has 0 unspecified atom stereocenters. The maximum Gasteiger partial charge on any atom is 0.339 e. The number of halogens is 2. The number of aromatic nitrogens is 2. The molecule has 1 fully saturated rings. The first-order valence-electron chi connectivity index (χ1n) is 15.0. The van der Waals surface area contributed by atoms with Crippen LogP contribution in [0.4, 0.5) is 14.5 Å². The largest absolute Gasteiger partial charge is 0.478 e. The summed E-state index contributed by atoms with van der Waals surface area (Å²) in [5.74, 6) is -0.152. The molecule has 0 bridgehead atoms. The van der Waals surface area contributed by atoms with Gasteiger partial charge >= 0.3 is 5.97 Å². The Bertz CT molecular complexity index is 1370. The first kappa shape index (κ1) is 33.8. The number of piperazine rings is 1. The summed E-state index contributed by atoms with van der Waals surface area (Å²) < 4.78 is 26.7. The SMILES string of the molecule is C=C.CC(F)F.CCCC1=C(CN2CCN(c3ccc(C(=O)O)c(Oc4cnc5[nH]ccc5c4)c3)CC2)CCC(C)(C)C1. The van der Waals surface area contributed by atoms with Crippen molar-refractivity contribution in [1.29, 1.82) is 0 Å². The lowest BCUT2D eigenvalue weighted by Gasteiger charge is -2.39. The molecular weight excluding hydrogens is 550 g/mol. The second-order valence-electron chi connectivity index (χ2n) is 11.8. The average molecular weight is 597 g/mol. The summed E-state index contributed by atoms with van der Waals surface area (Å²) >= 11 is 0. The van der Waals surface area contributed by atoms with Gasteiger partial charge in [-0.05, 0) is 62.3 Å². The van der Waals surface area contributed by atoms with Crippen molar-refractivity contribution in [3.63, 3.8) is 0 Å². The number of hydrogen-bond acceptors (Lipinski definition) is 5. The number of anilines is 1. The number of aromatic carboxylic acids is 1. The number of nitrogens with zero attached hydrogens (tertiary/aromatic N) is 3. The lowest BCUT2D eigenvalue weighted by atomic mass is 9.73. The van der Waals surface area contributed by atoms with Crippen LogP contribution in [0.1, 0.15) is 70.2 Å². The minimum Gasteiger partial charge on any atom is -0.478 e. The van der Waals surface area contributed by atoms with Crippen LogP contribution in [0.25, 0.3) is 11.0 Å². The highest BCUT2D eigenvalue weighted by Gasteiger charge is 2.28. The fraction of sp³-hybridized carbons (Fsp3) is 0.471. The van der Waals surface area contributed by atoms with Gasteiger partial charge in [0.1, 0.15) is 22.7 Å². The standard InChI is InChI=1S/C30H38N4O3.C2H4F2.C2H4/c1-4-5-22-18-30(2,3)10-8-23(22)20-33-12-14-34(15-13-33)24-6-7-26(29(35)36)27(17-24)37-25-16-21-9-11-31-28(21)32-19-25;1-2(3)4;1-2/h6-7,9,11,16-17,19H,4-5,8,10,12-15,18,20H2,1-3H3,(H,31,32)(H,35,36);2H,1H3;1-2H2. The highest BCUT2D eigenvalue weighted by Crippen LogP contribution is 2.40. The molecule has 1 aliphatic carbocycles. The molecule has 43 heavy (non-hydrogen) atoms. The monoisotopic (exact) mass is 596 g/mol. The van der Waals surface area contributed by atoms with Gasteiger partial charge in [-0.3, -0.25) is 4.90 Å². The van der Waals surface area contributed by atoms with Crippen molar-refractivity contribution in [3.05, 3.63) is 72.6 Å². The fourth-order valence-electron chi connectivity index (χ4n) is 5.72. The van der Waals surface area contributed by atoms with Crippen LogP contribution in [-0.2, 0) is 0 Å². The van der Waals surface area contributed by atoms with Gasteiger partial charge in [0.2, 0.25) is 6.43 Å². The lowest BCUT2D eigenvalue weighted by molar-refractivity contribution is 0.0694. The number of pyridine rings is 1. The van der Waals surface area contributed by atoms with Gasteiger partial charge in [-0.15, -0.1) is 13.2 Å². The number of carbonyl (C=O) groups is 1. The number of carboxylic acid groups (broad SMARTS) is 1. The Hall–Kier alpha value is -3.72. The van der Waals surface area contributed by atoms with Crippen LogP contribution >= 0.6 is 0 Å². The van der Waals surface area contributed by atoms with E-state index in [-0.39, 0.29) is 5.56 Å². The van der Waals surface area contributed by atoms with Crippen molar-refractivity contribution in [1.82, 2.24) is 14.9 Å². The normalized spacial score (nSPS) is 16.8. The van der Waals surface area contributed by atoms with Gasteiger partial charge in [0.05, 0.1) is 6.20 Å². The number of alkyl halides is 2. The highest BCUT2D eigenvalue weighted by molar-refractivity contribution is 5.92. The minimum absolute atomic E-state index is 0.146. The Kier molecular flexibility index (Phi) is 12.3. The molecule has 1 saturated heterocycles. The van der Waals surface area contributed by atoms with E-state index in [4.69, 9.17) is 4.74 Å². The third-order valence-corrected chi connectivity index (χ3v) is 7.80. The van der Waals surface area contributed by atoms with E-state index in [1.54, 1.807) is 23.4 Å². The molecule has 9 heteroatoms. The second-order valence-corrected chi connectivity index (χ2v) is 11.8. The van der Waals surface area contributed by atoms with Crippen molar-refractivity contribution in [2.45, 2.75) is 66.2 Å². The molecule has 0 saturated carbocycles. The molecule has 3 heterocycles. The highest BCUT2D eigenvalue weighted by atomic mass is 19.3. The number of hydrogen-bond donors (Lipinski definition) is 2. The van der Waals surface area contributed by atoms with Gasteiger partial charge in [0.15, 0.2) is 0 Å². The van der Waals surface area contributed by atoms with Crippen LogP contribution < -0.4 is 9.64 Å². The summed E-state index contributed by atoms with van der Waals surface area (Å²) in [6.45, 7) is 18.8. The summed E-state index contributed by atoms with van der Waals surface area (Å²) in [4.78, 5) is 24.2. The van der Waals surface area contributed by atoms with Crippen LogP contribution in [0.5, 0.6) is 11.5 Å². The van der Waals surface area contributed by atoms with Crippen LogP contribution in [0.2, 0.25) is 0 Å². The van der Waals surface area contributed by atoms with E-state index in [1.165, 1.54) is 32.1 Å². The third-order valence-electron chi connectivity index (χ3n) is 7.80. The van der Waals surface area contributed by atoms with Crippen LogP contribution in [-0.4, -0.2) is 65.1 Å². The van der Waals surface area contributed by atoms with E-state index in [9.17, 15) is 18.7 Å². The topological polar surface area (TPSA) is 81.7 Å². The number of nitrogens with one attached hydrogen (secondary N) is 1. The molecule has 0 atom stereocenters. The number of allylic oxidation sites excluding steroid dienone is 1. The van der Waals surface area contributed by atoms with E-state index in [1.807, 2.05) is 30.5 Å². The zero-order valence-corrected chi connectivity index (χ0v) is 26.0. The Morgan fingerprint density at radius 1 is 1.14 bits per heavy atom. The molecule has 1 aromatic carbocycles. The summed E-state index contributed by atoms with van der Waals surface area (Å²) in [6.07, 6.45) is 7.45. The van der Waals surface area contributed by atoms with E-state index in [0.29, 0.717) is 16.9 Å². The first-order chi connectivity index (χ1) is 20.5. The number of rotatable bonds is 8. The Morgan fingerprint density at radius 2 is 1.84 bits per heavy atom. The number of aromatic amines is 1. The molecule has 3 aromatic rings. The molecule has 0 amide bonds. The quantitative estimate of drug-likeness (QED) is 0.254. The van der Waals surface area contributed by atoms with Crippen LogP contribution in [0.3, 0.4) is 0 Å². The van der Waals surface area contributed by atoms with Crippen LogP contribution in [0, 0.1) is 5.41 Å². The lowest BCUT2D eigenvalue weighted by Crippen LogP contribution is -2.47. The molecule has 2 N–H and O–H groups in total. The first-order valence-corrected chi connectivity index (χ1v) is 15.0. The molecule has 0 spiro atoms. The van der Waals surface area contributed by atoms with Gasteiger partial charge in [0, 0.05) is 56.1 Å².